The molecule has 124 valence electrons. The number of amides is 1. The van der Waals surface area contributed by atoms with Gasteiger partial charge in [0.1, 0.15) is 5.69 Å². The Morgan fingerprint density at radius 3 is 2.71 bits per heavy atom. The lowest BCUT2D eigenvalue weighted by molar-refractivity contribution is -0.141. The predicted octanol–water partition coefficient (Wildman–Crippen LogP) is 2.83. The molecule has 0 saturated heterocycles. The van der Waals surface area contributed by atoms with E-state index in [1.165, 1.54) is 6.07 Å². The maximum Gasteiger partial charge on any atom is 0.433 e. The first kappa shape index (κ1) is 14.7. The van der Waals surface area contributed by atoms with Gasteiger partial charge in [0, 0.05) is 11.6 Å². The van der Waals surface area contributed by atoms with E-state index in [9.17, 15) is 18.0 Å². The van der Waals surface area contributed by atoms with Crippen LogP contribution in [0.2, 0.25) is 0 Å². The molecule has 0 bridgehead atoms. The van der Waals surface area contributed by atoms with Gasteiger partial charge in [-0.25, -0.2) is 4.98 Å². The van der Waals surface area contributed by atoms with Crippen LogP contribution in [-0.2, 0) is 6.18 Å². The van der Waals surface area contributed by atoms with Gasteiger partial charge in [0.25, 0.3) is 5.91 Å². The summed E-state index contributed by atoms with van der Waals surface area (Å²) in [5.74, 6) is 0.0360. The van der Waals surface area contributed by atoms with Crippen molar-refractivity contribution in [2.75, 3.05) is 5.32 Å². The lowest BCUT2D eigenvalue weighted by Crippen LogP contribution is -2.13. The SMILES string of the molecule is O=C(Nc1n[nH]c2nc(C(F)(F)F)ccc12)c1cc(C2CC2)[nH]n1. The molecule has 0 aliphatic heterocycles. The van der Waals surface area contributed by atoms with E-state index in [0.29, 0.717) is 5.92 Å². The molecule has 1 aliphatic carbocycles. The van der Waals surface area contributed by atoms with Gasteiger partial charge in [-0.1, -0.05) is 0 Å². The molecule has 3 heterocycles. The highest BCUT2D eigenvalue weighted by atomic mass is 19.4. The maximum atomic E-state index is 12.6. The largest absolute Gasteiger partial charge is 0.433 e. The van der Waals surface area contributed by atoms with Crippen molar-refractivity contribution in [3.05, 3.63) is 35.3 Å². The summed E-state index contributed by atoms with van der Waals surface area (Å²) in [5.41, 5.74) is 0.0233. The summed E-state index contributed by atoms with van der Waals surface area (Å²) >= 11 is 0. The molecule has 4 rings (SSSR count). The summed E-state index contributed by atoms with van der Waals surface area (Å²) in [4.78, 5) is 15.7. The fourth-order valence-corrected chi connectivity index (χ4v) is 2.39. The number of halogens is 3. The van der Waals surface area contributed by atoms with Crippen molar-refractivity contribution < 1.29 is 18.0 Å². The number of carbonyl (C=O) groups excluding carboxylic acids is 1. The first-order valence-corrected chi connectivity index (χ1v) is 7.21. The molecular formula is C14H11F3N6O. The molecular weight excluding hydrogens is 325 g/mol. The quantitative estimate of drug-likeness (QED) is 0.685. The molecule has 0 unspecified atom stereocenters. The van der Waals surface area contributed by atoms with Crippen LogP contribution in [0.15, 0.2) is 18.2 Å². The van der Waals surface area contributed by atoms with Crippen molar-refractivity contribution in [1.82, 2.24) is 25.4 Å². The topological polar surface area (TPSA) is 99.4 Å². The minimum absolute atomic E-state index is 0.0548. The number of nitrogens with zero attached hydrogens (tertiary/aromatic N) is 3. The number of H-pyrrole nitrogens is 2. The highest BCUT2D eigenvalue weighted by Crippen LogP contribution is 2.39. The van der Waals surface area contributed by atoms with Crippen molar-refractivity contribution in [2.45, 2.75) is 24.9 Å². The lowest BCUT2D eigenvalue weighted by atomic mass is 10.2. The fourth-order valence-electron chi connectivity index (χ4n) is 2.39. The third kappa shape index (κ3) is 2.59. The smallest absolute Gasteiger partial charge is 0.303 e. The fraction of sp³-hybridized carbons (Fsp3) is 0.286. The van der Waals surface area contributed by atoms with Crippen molar-refractivity contribution in [3.63, 3.8) is 0 Å². The third-order valence-electron chi connectivity index (χ3n) is 3.79. The average molecular weight is 336 g/mol. The van der Waals surface area contributed by atoms with Crippen LogP contribution in [0.4, 0.5) is 19.0 Å². The molecule has 1 saturated carbocycles. The van der Waals surface area contributed by atoms with Gasteiger partial charge in [-0.2, -0.15) is 23.4 Å². The molecule has 3 N–H and O–H groups in total. The Morgan fingerprint density at radius 2 is 2.00 bits per heavy atom. The number of rotatable bonds is 3. The molecule has 0 radical (unpaired) electrons. The van der Waals surface area contributed by atoms with Gasteiger partial charge in [-0.05, 0) is 31.0 Å². The van der Waals surface area contributed by atoms with Crippen molar-refractivity contribution in [2.24, 2.45) is 0 Å². The van der Waals surface area contributed by atoms with E-state index in [2.05, 4.69) is 30.7 Å². The number of pyridine rings is 1. The zero-order valence-corrected chi connectivity index (χ0v) is 12.1. The molecule has 3 aromatic heterocycles. The molecule has 7 nitrogen and oxygen atoms in total. The number of carbonyl (C=O) groups is 1. The average Bonchev–Trinajstić information content (AvgIpc) is 3.13. The zero-order valence-electron chi connectivity index (χ0n) is 12.1. The van der Waals surface area contributed by atoms with Crippen molar-refractivity contribution in [3.8, 4) is 0 Å². The van der Waals surface area contributed by atoms with Crippen LogP contribution in [0.3, 0.4) is 0 Å². The monoisotopic (exact) mass is 336 g/mol. The Hall–Kier alpha value is -2.91. The van der Waals surface area contributed by atoms with Crippen LogP contribution in [0.1, 0.15) is 40.6 Å². The van der Waals surface area contributed by atoms with Crippen molar-refractivity contribution in [1.29, 1.82) is 0 Å². The van der Waals surface area contributed by atoms with E-state index in [1.54, 1.807) is 6.07 Å². The summed E-state index contributed by atoms with van der Waals surface area (Å²) < 4.78 is 37.9. The number of hydrogen-bond donors (Lipinski definition) is 3. The maximum absolute atomic E-state index is 12.6. The van der Waals surface area contributed by atoms with Gasteiger partial charge in [-0.15, -0.1) is 0 Å². The second kappa shape index (κ2) is 5.05. The van der Waals surface area contributed by atoms with Crippen LogP contribution in [0.5, 0.6) is 0 Å². The summed E-state index contributed by atoms with van der Waals surface area (Å²) in [6, 6.07) is 3.72. The molecule has 0 spiro atoms. The summed E-state index contributed by atoms with van der Waals surface area (Å²) in [6.45, 7) is 0. The van der Waals surface area contributed by atoms with Gasteiger partial charge < -0.3 is 5.32 Å². The van der Waals surface area contributed by atoms with E-state index in [1.807, 2.05) is 0 Å². The number of alkyl halides is 3. The molecule has 1 amide bonds. The Labute approximate surface area is 132 Å². The van der Waals surface area contributed by atoms with Gasteiger partial charge in [0.15, 0.2) is 17.2 Å². The molecule has 1 aliphatic rings. The minimum Gasteiger partial charge on any atom is -0.303 e. The summed E-state index contributed by atoms with van der Waals surface area (Å²) in [6.07, 6.45) is -2.40. The zero-order chi connectivity index (χ0) is 16.9. The molecule has 10 heteroatoms. The first-order chi connectivity index (χ1) is 11.4. The molecule has 24 heavy (non-hydrogen) atoms. The Kier molecular flexibility index (Phi) is 3.08. The Balaban J connectivity index is 1.58. The number of hydrogen-bond acceptors (Lipinski definition) is 4. The molecule has 3 aromatic rings. The number of fused-ring (bicyclic) bond motifs is 1. The molecule has 0 aromatic carbocycles. The second-order valence-corrected chi connectivity index (χ2v) is 5.60. The van der Waals surface area contributed by atoms with Crippen molar-refractivity contribution >= 4 is 22.8 Å². The van der Waals surface area contributed by atoms with Gasteiger partial charge in [0.2, 0.25) is 0 Å². The normalized spacial score (nSPS) is 15.0. The van der Waals surface area contributed by atoms with Crippen LogP contribution >= 0.6 is 0 Å². The highest BCUT2D eigenvalue weighted by Gasteiger charge is 2.33. The number of anilines is 1. The van der Waals surface area contributed by atoms with Gasteiger partial charge in [0.05, 0.1) is 5.39 Å². The van der Waals surface area contributed by atoms with Gasteiger partial charge >= 0.3 is 6.18 Å². The van der Waals surface area contributed by atoms with Gasteiger partial charge in [-0.3, -0.25) is 15.0 Å². The van der Waals surface area contributed by atoms with E-state index in [4.69, 9.17) is 0 Å². The van der Waals surface area contributed by atoms with E-state index < -0.39 is 17.8 Å². The van der Waals surface area contributed by atoms with E-state index in [0.717, 1.165) is 24.6 Å². The van der Waals surface area contributed by atoms with Crippen LogP contribution in [-0.4, -0.2) is 31.3 Å². The predicted molar refractivity (Wildman–Crippen MR) is 77.4 cm³/mol. The van der Waals surface area contributed by atoms with E-state index in [-0.39, 0.29) is 22.5 Å². The van der Waals surface area contributed by atoms with Crippen LogP contribution < -0.4 is 5.32 Å². The standard InChI is InChI=1S/C14H11F3N6O/c15-14(16,17)10-4-3-7-11(18-10)22-23-12(7)19-13(24)9-5-8(20-21-9)6-1-2-6/h3-6H,1-2H2,(H,20,21)(H2,18,19,22,23,24). The molecule has 0 atom stereocenters. The second-order valence-electron chi connectivity index (χ2n) is 5.60. The summed E-state index contributed by atoms with van der Waals surface area (Å²) in [7, 11) is 0. The minimum atomic E-state index is -4.54. The summed E-state index contributed by atoms with van der Waals surface area (Å²) in [5, 5.41) is 15.8. The Morgan fingerprint density at radius 1 is 1.21 bits per heavy atom. The first-order valence-electron chi connectivity index (χ1n) is 7.21. The van der Waals surface area contributed by atoms with Crippen LogP contribution in [0.25, 0.3) is 11.0 Å². The highest BCUT2D eigenvalue weighted by molar-refractivity contribution is 6.06. The number of nitrogens with one attached hydrogen (secondary N) is 3. The van der Waals surface area contributed by atoms with E-state index >= 15 is 0 Å². The Bertz CT molecular complexity index is 924. The number of aromatic amines is 2. The number of aromatic nitrogens is 5. The lowest BCUT2D eigenvalue weighted by Gasteiger charge is -2.04. The van der Waals surface area contributed by atoms with Crippen LogP contribution in [0, 0.1) is 0 Å². The molecule has 1 fully saturated rings. The third-order valence-corrected chi connectivity index (χ3v) is 3.79.